The first kappa shape index (κ1) is 19.0. The molecule has 0 atom stereocenters. The maximum atomic E-state index is 12.0. The van der Waals surface area contributed by atoms with E-state index in [2.05, 4.69) is 5.32 Å². The first-order chi connectivity index (χ1) is 11.8. The Balaban J connectivity index is 1.94. The van der Waals surface area contributed by atoms with Crippen molar-refractivity contribution >= 4 is 46.8 Å². The van der Waals surface area contributed by atoms with Gasteiger partial charge in [-0.2, -0.15) is 0 Å². The minimum atomic E-state index is -0.261. The highest BCUT2D eigenvalue weighted by Gasteiger charge is 2.06. The summed E-state index contributed by atoms with van der Waals surface area (Å²) in [6.07, 6.45) is 3.41. The Morgan fingerprint density at radius 1 is 1.04 bits per heavy atom. The third kappa shape index (κ3) is 5.93. The predicted octanol–water partition coefficient (Wildman–Crippen LogP) is 4.28. The topological polar surface area (TPSA) is 49.4 Å². The second-order valence-electron chi connectivity index (χ2n) is 5.66. The van der Waals surface area contributed by atoms with Gasteiger partial charge in [0.1, 0.15) is 0 Å². The third-order valence-corrected chi connectivity index (χ3v) is 4.19. The summed E-state index contributed by atoms with van der Waals surface area (Å²) in [5, 5.41) is 3.67. The van der Waals surface area contributed by atoms with Crippen LogP contribution in [-0.2, 0) is 16.0 Å². The van der Waals surface area contributed by atoms with Crippen LogP contribution in [0.4, 0.5) is 5.69 Å². The lowest BCUT2D eigenvalue weighted by Gasteiger charge is -2.10. The fourth-order valence-corrected chi connectivity index (χ4v) is 2.32. The van der Waals surface area contributed by atoms with Crippen LogP contribution in [0.2, 0.25) is 10.0 Å². The normalized spacial score (nSPS) is 10.7. The fourth-order valence-electron chi connectivity index (χ4n) is 2.01. The van der Waals surface area contributed by atoms with Gasteiger partial charge in [0.2, 0.25) is 11.8 Å². The van der Waals surface area contributed by atoms with Crippen LogP contribution < -0.4 is 5.32 Å². The number of hydrogen-bond donors (Lipinski definition) is 1. The molecule has 2 amide bonds. The quantitative estimate of drug-likeness (QED) is 0.791. The average Bonchev–Trinajstić information content (AvgIpc) is 2.57. The van der Waals surface area contributed by atoms with E-state index < -0.39 is 0 Å². The van der Waals surface area contributed by atoms with E-state index in [1.54, 1.807) is 55.4 Å². The van der Waals surface area contributed by atoms with Crippen molar-refractivity contribution in [3.63, 3.8) is 0 Å². The molecule has 1 N–H and O–H groups in total. The Bertz CT molecular complexity index is 800. The van der Waals surface area contributed by atoms with E-state index in [1.807, 2.05) is 12.1 Å². The van der Waals surface area contributed by atoms with Gasteiger partial charge in [-0.1, -0.05) is 41.4 Å². The number of halogens is 2. The lowest BCUT2D eigenvalue weighted by Crippen LogP contribution is -2.23. The second-order valence-corrected chi connectivity index (χ2v) is 6.47. The first-order valence-corrected chi connectivity index (χ1v) is 8.34. The van der Waals surface area contributed by atoms with Crippen molar-refractivity contribution in [1.29, 1.82) is 0 Å². The molecule has 6 heteroatoms. The smallest absolute Gasteiger partial charge is 0.248 e. The van der Waals surface area contributed by atoms with E-state index >= 15 is 0 Å². The number of anilines is 1. The third-order valence-electron chi connectivity index (χ3n) is 3.45. The molecule has 0 spiro atoms. The van der Waals surface area contributed by atoms with E-state index in [0.717, 1.165) is 11.1 Å². The summed E-state index contributed by atoms with van der Waals surface area (Å²) >= 11 is 11.8. The molecule has 2 aromatic rings. The number of hydrogen-bond acceptors (Lipinski definition) is 2. The van der Waals surface area contributed by atoms with Crippen molar-refractivity contribution in [2.45, 2.75) is 6.42 Å². The largest absolute Gasteiger partial charge is 0.349 e. The van der Waals surface area contributed by atoms with Gasteiger partial charge in [-0.3, -0.25) is 9.59 Å². The maximum absolute atomic E-state index is 12.0. The highest BCUT2D eigenvalue weighted by atomic mass is 35.5. The SMILES string of the molecule is CN(C)C(=O)Cc1ccc(NC(=O)/C=C/c2ccc(Cl)c(Cl)c2)cc1. The fraction of sp³-hybridized carbons (Fsp3) is 0.158. The summed E-state index contributed by atoms with van der Waals surface area (Å²) in [6.45, 7) is 0. The summed E-state index contributed by atoms with van der Waals surface area (Å²) in [6, 6.07) is 12.3. The second kappa shape index (κ2) is 8.70. The van der Waals surface area contributed by atoms with Crippen molar-refractivity contribution in [3.05, 3.63) is 69.7 Å². The number of carbonyl (C=O) groups excluding carboxylic acids is 2. The van der Waals surface area contributed by atoms with Gasteiger partial charge in [-0.05, 0) is 41.5 Å². The van der Waals surface area contributed by atoms with Crippen LogP contribution >= 0.6 is 23.2 Å². The van der Waals surface area contributed by atoms with Crippen molar-refractivity contribution in [2.24, 2.45) is 0 Å². The van der Waals surface area contributed by atoms with Crippen LogP contribution in [0.5, 0.6) is 0 Å². The van der Waals surface area contributed by atoms with Gasteiger partial charge in [0, 0.05) is 25.9 Å². The van der Waals surface area contributed by atoms with Crippen molar-refractivity contribution in [3.8, 4) is 0 Å². The van der Waals surface area contributed by atoms with Gasteiger partial charge in [-0.15, -0.1) is 0 Å². The molecule has 0 aliphatic heterocycles. The van der Waals surface area contributed by atoms with Gasteiger partial charge in [0.15, 0.2) is 0 Å². The molecule has 0 aromatic heterocycles. The van der Waals surface area contributed by atoms with Crippen LogP contribution in [0.15, 0.2) is 48.5 Å². The molecule has 4 nitrogen and oxygen atoms in total. The molecule has 0 fully saturated rings. The molecular weight excluding hydrogens is 359 g/mol. The van der Waals surface area contributed by atoms with E-state index in [1.165, 1.54) is 6.08 Å². The molecule has 0 heterocycles. The molecule has 2 rings (SSSR count). The van der Waals surface area contributed by atoms with Crippen LogP contribution in [0, 0.1) is 0 Å². The van der Waals surface area contributed by atoms with E-state index in [-0.39, 0.29) is 11.8 Å². The summed E-state index contributed by atoms with van der Waals surface area (Å²) < 4.78 is 0. The standard InChI is InChI=1S/C19H18Cl2N2O2/c1-23(2)19(25)12-14-3-7-15(8-4-14)22-18(24)10-6-13-5-9-16(20)17(21)11-13/h3-11H,12H2,1-2H3,(H,22,24)/b10-6+. The summed E-state index contributed by atoms with van der Waals surface area (Å²) in [5.74, 6) is -0.232. The molecule has 25 heavy (non-hydrogen) atoms. The van der Waals surface area contributed by atoms with Crippen molar-refractivity contribution in [1.82, 2.24) is 4.90 Å². The number of nitrogens with zero attached hydrogens (tertiary/aromatic N) is 1. The zero-order chi connectivity index (χ0) is 18.4. The van der Waals surface area contributed by atoms with Crippen molar-refractivity contribution < 1.29 is 9.59 Å². The predicted molar refractivity (Wildman–Crippen MR) is 103 cm³/mol. The van der Waals surface area contributed by atoms with Gasteiger partial charge in [0.25, 0.3) is 0 Å². The summed E-state index contributed by atoms with van der Waals surface area (Å²) in [7, 11) is 3.44. The zero-order valence-electron chi connectivity index (χ0n) is 13.9. The van der Waals surface area contributed by atoms with Gasteiger partial charge >= 0.3 is 0 Å². The minimum absolute atomic E-state index is 0.0290. The van der Waals surface area contributed by atoms with Crippen LogP contribution in [0.25, 0.3) is 6.08 Å². The highest BCUT2D eigenvalue weighted by molar-refractivity contribution is 6.42. The monoisotopic (exact) mass is 376 g/mol. The molecule has 0 aliphatic rings. The van der Waals surface area contributed by atoms with Gasteiger partial charge in [-0.25, -0.2) is 0 Å². The number of likely N-dealkylation sites (N-methyl/N-ethyl adjacent to an activating group) is 1. The van der Waals surface area contributed by atoms with E-state index in [0.29, 0.717) is 22.2 Å². The maximum Gasteiger partial charge on any atom is 0.248 e. The number of nitrogens with one attached hydrogen (secondary N) is 1. The molecule has 0 radical (unpaired) electrons. The molecule has 0 bridgehead atoms. The molecule has 0 aliphatic carbocycles. The number of rotatable bonds is 5. The number of benzene rings is 2. The van der Waals surface area contributed by atoms with E-state index in [9.17, 15) is 9.59 Å². The Morgan fingerprint density at radius 3 is 2.32 bits per heavy atom. The zero-order valence-corrected chi connectivity index (χ0v) is 15.4. The Labute approximate surface area is 157 Å². The lowest BCUT2D eigenvalue weighted by molar-refractivity contribution is -0.128. The lowest BCUT2D eigenvalue weighted by atomic mass is 10.1. The van der Waals surface area contributed by atoms with Gasteiger partial charge in [0.05, 0.1) is 16.5 Å². The molecule has 0 unspecified atom stereocenters. The van der Waals surface area contributed by atoms with E-state index in [4.69, 9.17) is 23.2 Å². The Hall–Kier alpha value is -2.30. The number of carbonyl (C=O) groups is 2. The van der Waals surface area contributed by atoms with Gasteiger partial charge < -0.3 is 10.2 Å². The molecule has 130 valence electrons. The highest BCUT2D eigenvalue weighted by Crippen LogP contribution is 2.23. The minimum Gasteiger partial charge on any atom is -0.349 e. The molecule has 0 saturated carbocycles. The number of amides is 2. The first-order valence-electron chi connectivity index (χ1n) is 7.58. The van der Waals surface area contributed by atoms with Crippen LogP contribution in [0.1, 0.15) is 11.1 Å². The molecule has 2 aromatic carbocycles. The molecular formula is C19H18Cl2N2O2. The Morgan fingerprint density at radius 2 is 1.72 bits per heavy atom. The average molecular weight is 377 g/mol. The van der Waals surface area contributed by atoms with Crippen molar-refractivity contribution in [2.75, 3.05) is 19.4 Å². The molecule has 0 saturated heterocycles. The van der Waals surface area contributed by atoms with Crippen LogP contribution in [0.3, 0.4) is 0 Å². The summed E-state index contributed by atoms with van der Waals surface area (Å²) in [5.41, 5.74) is 2.33. The Kier molecular flexibility index (Phi) is 6.62. The van der Waals surface area contributed by atoms with Crippen LogP contribution in [-0.4, -0.2) is 30.8 Å². The summed E-state index contributed by atoms with van der Waals surface area (Å²) in [4.78, 5) is 25.2.